The quantitative estimate of drug-likeness (QED) is 0.735. The summed E-state index contributed by atoms with van der Waals surface area (Å²) in [6, 6.07) is 5.22. The second-order valence-electron chi connectivity index (χ2n) is 4.48. The highest BCUT2D eigenvalue weighted by atomic mass is 35.5. The van der Waals surface area contributed by atoms with Crippen molar-refractivity contribution < 1.29 is 14.3 Å². The maximum absolute atomic E-state index is 14.0. The van der Waals surface area contributed by atoms with Gasteiger partial charge in [0.25, 0.3) is 0 Å². The fourth-order valence-corrected chi connectivity index (χ4v) is 3.60. The van der Waals surface area contributed by atoms with Crippen molar-refractivity contribution in [3.63, 3.8) is 0 Å². The molecule has 0 fully saturated rings. The maximum Gasteiger partial charge on any atom is 0.348 e. The topological polar surface area (TPSA) is 42.2 Å². The van der Waals surface area contributed by atoms with Crippen LogP contribution in [-0.4, -0.2) is 15.6 Å². The van der Waals surface area contributed by atoms with Crippen molar-refractivity contribution in [1.29, 1.82) is 0 Å². The minimum atomic E-state index is -1.26. The molecule has 0 saturated heterocycles. The van der Waals surface area contributed by atoms with Gasteiger partial charge < -0.3 is 9.67 Å². The molecule has 7 heteroatoms. The van der Waals surface area contributed by atoms with Gasteiger partial charge in [0.2, 0.25) is 0 Å². The fourth-order valence-electron chi connectivity index (χ4n) is 2.21. The lowest BCUT2D eigenvalue weighted by atomic mass is 10.2. The number of carboxylic acids is 1. The summed E-state index contributed by atoms with van der Waals surface area (Å²) in [5, 5.41) is 12.2. The Morgan fingerprint density at radius 1 is 1.38 bits per heavy atom. The molecule has 3 aromatic rings. The zero-order chi connectivity index (χ0) is 15.1. The molecule has 0 unspecified atom stereocenters. The van der Waals surface area contributed by atoms with E-state index in [2.05, 4.69) is 0 Å². The second-order valence-corrected chi connectivity index (χ2v) is 6.20. The van der Waals surface area contributed by atoms with E-state index in [1.165, 1.54) is 5.38 Å². The number of benzene rings is 1. The van der Waals surface area contributed by atoms with Gasteiger partial charge in [0.1, 0.15) is 4.88 Å². The average Bonchev–Trinajstić information content (AvgIpc) is 2.95. The highest BCUT2D eigenvalue weighted by Crippen LogP contribution is 2.30. The Kier molecular flexibility index (Phi) is 3.65. The van der Waals surface area contributed by atoms with Gasteiger partial charge in [-0.1, -0.05) is 23.2 Å². The Morgan fingerprint density at radius 2 is 2.14 bits per heavy atom. The molecule has 0 spiro atoms. The summed E-state index contributed by atoms with van der Waals surface area (Å²) < 4.78 is 15.8. The number of rotatable bonds is 3. The first-order valence-electron chi connectivity index (χ1n) is 5.90. The number of aromatic nitrogens is 1. The van der Waals surface area contributed by atoms with Gasteiger partial charge in [-0.25, -0.2) is 9.18 Å². The molecule has 2 aromatic heterocycles. The number of hydrogen-bond acceptors (Lipinski definition) is 2. The minimum Gasteiger partial charge on any atom is -0.477 e. The third kappa shape index (κ3) is 2.52. The van der Waals surface area contributed by atoms with Crippen molar-refractivity contribution in [2.24, 2.45) is 0 Å². The van der Waals surface area contributed by atoms with Gasteiger partial charge in [-0.05, 0) is 23.6 Å². The number of nitrogens with zero attached hydrogens (tertiary/aromatic N) is 1. The highest BCUT2D eigenvalue weighted by Gasteiger charge is 2.18. The normalized spacial score (nSPS) is 11.2. The summed E-state index contributed by atoms with van der Waals surface area (Å²) >= 11 is 13.0. The SMILES string of the molecule is O=C(O)c1scc(Cn2ccc3cc(Cl)cc(Cl)c32)c1F. The van der Waals surface area contributed by atoms with Crippen LogP contribution in [0.2, 0.25) is 10.0 Å². The lowest BCUT2D eigenvalue weighted by Gasteiger charge is -2.06. The van der Waals surface area contributed by atoms with Gasteiger partial charge in [0, 0.05) is 22.2 Å². The van der Waals surface area contributed by atoms with Crippen LogP contribution in [0.15, 0.2) is 29.8 Å². The van der Waals surface area contributed by atoms with E-state index in [-0.39, 0.29) is 11.4 Å². The lowest BCUT2D eigenvalue weighted by molar-refractivity contribution is 0.0697. The molecule has 21 heavy (non-hydrogen) atoms. The molecule has 108 valence electrons. The third-order valence-electron chi connectivity index (χ3n) is 3.11. The third-order valence-corrected chi connectivity index (χ3v) is 4.61. The molecule has 3 rings (SSSR count). The first-order chi connectivity index (χ1) is 9.97. The molecule has 0 radical (unpaired) electrons. The Hall–Kier alpha value is -1.56. The predicted molar refractivity (Wildman–Crippen MR) is 82.3 cm³/mol. The van der Waals surface area contributed by atoms with E-state index in [4.69, 9.17) is 28.3 Å². The van der Waals surface area contributed by atoms with Crippen molar-refractivity contribution in [3.05, 3.63) is 56.1 Å². The molecule has 0 aliphatic heterocycles. The van der Waals surface area contributed by atoms with Crippen LogP contribution in [-0.2, 0) is 6.54 Å². The number of carbonyl (C=O) groups is 1. The van der Waals surface area contributed by atoms with Crippen LogP contribution in [0.4, 0.5) is 4.39 Å². The zero-order valence-corrected chi connectivity index (χ0v) is 12.8. The number of aromatic carboxylic acids is 1. The summed E-state index contributed by atoms with van der Waals surface area (Å²) in [6.07, 6.45) is 1.77. The molecule has 0 aliphatic rings. The van der Waals surface area contributed by atoms with E-state index >= 15 is 0 Å². The molecule has 2 heterocycles. The highest BCUT2D eigenvalue weighted by molar-refractivity contribution is 7.12. The summed E-state index contributed by atoms with van der Waals surface area (Å²) in [5.41, 5.74) is 1.06. The first kappa shape index (κ1) is 14.4. The lowest BCUT2D eigenvalue weighted by Crippen LogP contribution is -2.01. The Labute approximate surface area is 133 Å². The Bertz CT molecular complexity index is 856. The van der Waals surface area contributed by atoms with E-state index in [0.29, 0.717) is 15.6 Å². The van der Waals surface area contributed by atoms with E-state index < -0.39 is 11.8 Å². The van der Waals surface area contributed by atoms with Crippen molar-refractivity contribution in [1.82, 2.24) is 4.57 Å². The van der Waals surface area contributed by atoms with Crippen LogP contribution in [0, 0.1) is 5.82 Å². The van der Waals surface area contributed by atoms with Crippen LogP contribution in [0.1, 0.15) is 15.2 Å². The van der Waals surface area contributed by atoms with Crippen LogP contribution in [0.3, 0.4) is 0 Å². The van der Waals surface area contributed by atoms with E-state index in [0.717, 1.165) is 22.2 Å². The number of halogens is 3. The number of carboxylic acid groups (broad SMARTS) is 1. The Balaban J connectivity index is 2.05. The molecule has 0 saturated carbocycles. The van der Waals surface area contributed by atoms with Crippen molar-refractivity contribution in [3.8, 4) is 0 Å². The van der Waals surface area contributed by atoms with Crippen molar-refractivity contribution >= 4 is 51.4 Å². The summed E-state index contributed by atoms with van der Waals surface area (Å²) in [7, 11) is 0. The zero-order valence-electron chi connectivity index (χ0n) is 10.4. The first-order valence-corrected chi connectivity index (χ1v) is 7.54. The molecular weight excluding hydrogens is 336 g/mol. The van der Waals surface area contributed by atoms with Gasteiger partial charge in [-0.2, -0.15) is 0 Å². The molecule has 0 bridgehead atoms. The molecule has 0 amide bonds. The van der Waals surface area contributed by atoms with Crippen LogP contribution in [0.5, 0.6) is 0 Å². The van der Waals surface area contributed by atoms with E-state index in [1.54, 1.807) is 22.9 Å². The van der Waals surface area contributed by atoms with Gasteiger partial charge in [-0.3, -0.25) is 0 Å². The maximum atomic E-state index is 14.0. The van der Waals surface area contributed by atoms with Crippen LogP contribution in [0.25, 0.3) is 10.9 Å². The van der Waals surface area contributed by atoms with Gasteiger partial charge in [-0.15, -0.1) is 11.3 Å². The monoisotopic (exact) mass is 343 g/mol. The fraction of sp³-hybridized carbons (Fsp3) is 0.0714. The largest absolute Gasteiger partial charge is 0.477 e. The minimum absolute atomic E-state index is 0.209. The van der Waals surface area contributed by atoms with Crippen molar-refractivity contribution in [2.75, 3.05) is 0 Å². The number of hydrogen-bond donors (Lipinski definition) is 1. The summed E-state index contributed by atoms with van der Waals surface area (Å²) in [4.78, 5) is 10.6. The molecule has 0 atom stereocenters. The van der Waals surface area contributed by atoms with E-state index in [9.17, 15) is 9.18 Å². The number of thiophene rings is 1. The molecular formula is C14H8Cl2FNO2S. The molecule has 1 aromatic carbocycles. The standard InChI is InChI=1S/C14H8Cl2FNO2S/c15-9-3-7-1-2-18(12(7)10(16)4-9)5-8-6-21-13(11(8)17)14(19)20/h1-4,6H,5H2,(H,19,20). The van der Waals surface area contributed by atoms with E-state index in [1.807, 2.05) is 6.07 Å². The predicted octanol–water partition coefficient (Wildman–Crippen LogP) is 4.90. The molecule has 0 aliphatic carbocycles. The molecule has 3 nitrogen and oxygen atoms in total. The number of fused-ring (bicyclic) bond motifs is 1. The van der Waals surface area contributed by atoms with Crippen molar-refractivity contribution in [2.45, 2.75) is 6.54 Å². The second kappa shape index (κ2) is 5.33. The smallest absolute Gasteiger partial charge is 0.348 e. The van der Waals surface area contributed by atoms with Gasteiger partial charge >= 0.3 is 5.97 Å². The Morgan fingerprint density at radius 3 is 2.81 bits per heavy atom. The van der Waals surface area contributed by atoms with Gasteiger partial charge in [0.05, 0.1) is 17.1 Å². The van der Waals surface area contributed by atoms with Crippen LogP contribution >= 0.6 is 34.5 Å². The summed E-state index contributed by atoms with van der Waals surface area (Å²) in [5.74, 6) is -1.95. The van der Waals surface area contributed by atoms with Crippen LogP contribution < -0.4 is 0 Å². The average molecular weight is 344 g/mol. The summed E-state index contributed by atoms with van der Waals surface area (Å²) in [6.45, 7) is 0.209. The van der Waals surface area contributed by atoms with Gasteiger partial charge in [0.15, 0.2) is 5.82 Å². The molecule has 1 N–H and O–H groups in total.